The molecule has 1 unspecified atom stereocenters. The van der Waals surface area contributed by atoms with Crippen LogP contribution in [0.2, 0.25) is 0 Å². The molecular weight excluding hydrogens is 202 g/mol. The molecule has 0 fully saturated rings. The van der Waals surface area contributed by atoms with Crippen LogP contribution in [0.5, 0.6) is 0 Å². The Kier molecular flexibility index (Phi) is 5.96. The van der Waals surface area contributed by atoms with Gasteiger partial charge in [0.25, 0.3) is 0 Å². The number of aromatic nitrogens is 2. The van der Waals surface area contributed by atoms with E-state index in [9.17, 15) is 0 Å². The van der Waals surface area contributed by atoms with Gasteiger partial charge in [-0.15, -0.1) is 0 Å². The lowest BCUT2D eigenvalue weighted by Crippen LogP contribution is -2.11. The van der Waals surface area contributed by atoms with Gasteiger partial charge in [0.1, 0.15) is 6.10 Å². The highest BCUT2D eigenvalue weighted by atomic mass is 16.5. The second-order valence-corrected chi connectivity index (χ2v) is 3.71. The Hall–Kier alpha value is -1.00. The van der Waals surface area contributed by atoms with Crippen molar-refractivity contribution in [2.75, 3.05) is 13.7 Å². The van der Waals surface area contributed by atoms with E-state index in [0.29, 0.717) is 6.61 Å². The molecule has 0 saturated heterocycles. The molecule has 1 N–H and O–H groups in total. The van der Waals surface area contributed by atoms with Crippen LogP contribution in [-0.4, -0.2) is 23.6 Å². The first-order valence-corrected chi connectivity index (χ1v) is 5.88. The van der Waals surface area contributed by atoms with Gasteiger partial charge in [-0.05, 0) is 20.4 Å². The molecule has 0 radical (unpaired) electrons. The summed E-state index contributed by atoms with van der Waals surface area (Å²) in [6, 6.07) is 0. The average Bonchev–Trinajstić information content (AvgIpc) is 2.30. The normalized spacial score (nSPS) is 12.7. The zero-order valence-electron chi connectivity index (χ0n) is 10.4. The molecule has 1 heterocycles. The summed E-state index contributed by atoms with van der Waals surface area (Å²) >= 11 is 0. The highest BCUT2D eigenvalue weighted by Crippen LogP contribution is 2.18. The fraction of sp³-hybridized carbons (Fsp3) is 0.667. The molecule has 4 nitrogen and oxygen atoms in total. The molecule has 0 aliphatic heterocycles. The molecule has 0 amide bonds. The minimum Gasteiger partial charge on any atom is -0.371 e. The number of nitrogens with zero attached hydrogens (tertiary/aromatic N) is 2. The lowest BCUT2D eigenvalue weighted by atomic mass is 10.2. The predicted octanol–water partition coefficient (Wildman–Crippen LogP) is 2.07. The van der Waals surface area contributed by atoms with Crippen LogP contribution in [0.4, 0.5) is 0 Å². The van der Waals surface area contributed by atoms with Crippen LogP contribution < -0.4 is 5.32 Å². The van der Waals surface area contributed by atoms with Crippen molar-refractivity contribution in [3.05, 3.63) is 23.8 Å². The van der Waals surface area contributed by atoms with Crippen molar-refractivity contribution in [2.24, 2.45) is 0 Å². The molecule has 1 rings (SSSR count). The molecule has 0 spiro atoms. The van der Waals surface area contributed by atoms with Gasteiger partial charge in [0.05, 0.1) is 0 Å². The second kappa shape index (κ2) is 7.30. The van der Waals surface area contributed by atoms with Crippen LogP contribution >= 0.6 is 0 Å². The summed E-state index contributed by atoms with van der Waals surface area (Å²) in [6.45, 7) is 5.64. The lowest BCUT2D eigenvalue weighted by Gasteiger charge is -2.14. The Labute approximate surface area is 97.5 Å². The summed E-state index contributed by atoms with van der Waals surface area (Å²) in [5.74, 6) is 0.795. The maximum absolute atomic E-state index is 5.63. The van der Waals surface area contributed by atoms with Gasteiger partial charge in [-0.1, -0.05) is 13.3 Å². The summed E-state index contributed by atoms with van der Waals surface area (Å²) in [5, 5.41) is 3.07. The third kappa shape index (κ3) is 3.87. The molecule has 0 saturated carbocycles. The van der Waals surface area contributed by atoms with E-state index >= 15 is 0 Å². The van der Waals surface area contributed by atoms with Crippen molar-refractivity contribution >= 4 is 0 Å². The Morgan fingerprint density at radius 1 is 1.31 bits per heavy atom. The smallest absolute Gasteiger partial charge is 0.157 e. The standard InChI is InChI=1S/C12H21N3O/c1-4-6-11(16-5-2)12-14-8-10(7-13-3)9-15-12/h8-9,11,13H,4-7H2,1-3H3. The Balaban J connectivity index is 2.68. The largest absolute Gasteiger partial charge is 0.371 e. The van der Waals surface area contributed by atoms with Gasteiger partial charge < -0.3 is 10.1 Å². The monoisotopic (exact) mass is 223 g/mol. The van der Waals surface area contributed by atoms with Crippen molar-refractivity contribution in [3.8, 4) is 0 Å². The van der Waals surface area contributed by atoms with Gasteiger partial charge >= 0.3 is 0 Å². The van der Waals surface area contributed by atoms with Crippen molar-refractivity contribution in [3.63, 3.8) is 0 Å². The third-order valence-corrected chi connectivity index (χ3v) is 2.31. The van der Waals surface area contributed by atoms with E-state index in [2.05, 4.69) is 22.2 Å². The fourth-order valence-electron chi connectivity index (χ4n) is 1.58. The number of hydrogen-bond acceptors (Lipinski definition) is 4. The number of rotatable bonds is 7. The van der Waals surface area contributed by atoms with Crippen molar-refractivity contribution < 1.29 is 4.74 Å². The van der Waals surface area contributed by atoms with Crippen LogP contribution in [0.25, 0.3) is 0 Å². The van der Waals surface area contributed by atoms with Crippen LogP contribution in [0.1, 0.15) is 44.2 Å². The highest BCUT2D eigenvalue weighted by molar-refractivity contribution is 5.06. The molecule has 0 aliphatic rings. The minimum atomic E-state index is 0.0404. The first kappa shape index (κ1) is 13.1. The summed E-state index contributed by atoms with van der Waals surface area (Å²) in [5.41, 5.74) is 1.10. The van der Waals surface area contributed by atoms with E-state index in [4.69, 9.17) is 4.74 Å². The number of ether oxygens (including phenoxy) is 1. The van der Waals surface area contributed by atoms with E-state index in [1.54, 1.807) is 0 Å². The Morgan fingerprint density at radius 2 is 2.00 bits per heavy atom. The first-order valence-electron chi connectivity index (χ1n) is 5.88. The number of hydrogen-bond donors (Lipinski definition) is 1. The lowest BCUT2D eigenvalue weighted by molar-refractivity contribution is 0.0493. The topological polar surface area (TPSA) is 47.0 Å². The minimum absolute atomic E-state index is 0.0404. The summed E-state index contributed by atoms with van der Waals surface area (Å²) in [7, 11) is 1.91. The van der Waals surface area contributed by atoms with Gasteiger partial charge in [-0.2, -0.15) is 0 Å². The molecule has 4 heteroatoms. The maximum Gasteiger partial charge on any atom is 0.157 e. The highest BCUT2D eigenvalue weighted by Gasteiger charge is 2.13. The molecule has 0 aromatic carbocycles. The van der Waals surface area contributed by atoms with E-state index in [1.165, 1.54) is 0 Å². The maximum atomic E-state index is 5.63. The molecule has 1 aromatic rings. The predicted molar refractivity (Wildman–Crippen MR) is 64.1 cm³/mol. The van der Waals surface area contributed by atoms with Crippen LogP contribution in [-0.2, 0) is 11.3 Å². The molecule has 0 aliphatic carbocycles. The Bertz CT molecular complexity index is 281. The van der Waals surface area contributed by atoms with Gasteiger partial charge in [0, 0.05) is 31.1 Å². The summed E-state index contributed by atoms with van der Waals surface area (Å²) < 4.78 is 5.63. The van der Waals surface area contributed by atoms with Gasteiger partial charge in [0.15, 0.2) is 5.82 Å². The Morgan fingerprint density at radius 3 is 2.50 bits per heavy atom. The van der Waals surface area contributed by atoms with Crippen molar-refractivity contribution in [1.29, 1.82) is 0 Å². The van der Waals surface area contributed by atoms with Gasteiger partial charge in [0.2, 0.25) is 0 Å². The summed E-state index contributed by atoms with van der Waals surface area (Å²) in [6.07, 6.45) is 5.81. The van der Waals surface area contributed by atoms with E-state index < -0.39 is 0 Å². The molecule has 90 valence electrons. The molecular formula is C12H21N3O. The summed E-state index contributed by atoms with van der Waals surface area (Å²) in [4.78, 5) is 8.72. The van der Waals surface area contributed by atoms with Crippen LogP contribution in [0, 0.1) is 0 Å². The van der Waals surface area contributed by atoms with E-state index in [0.717, 1.165) is 30.8 Å². The molecule has 16 heavy (non-hydrogen) atoms. The van der Waals surface area contributed by atoms with Gasteiger partial charge in [-0.25, -0.2) is 9.97 Å². The second-order valence-electron chi connectivity index (χ2n) is 3.71. The van der Waals surface area contributed by atoms with Crippen molar-refractivity contribution in [2.45, 2.75) is 39.3 Å². The van der Waals surface area contributed by atoms with Gasteiger partial charge in [-0.3, -0.25) is 0 Å². The first-order chi connectivity index (χ1) is 7.81. The van der Waals surface area contributed by atoms with E-state index in [1.807, 2.05) is 26.4 Å². The quantitative estimate of drug-likeness (QED) is 0.768. The molecule has 1 atom stereocenters. The van der Waals surface area contributed by atoms with E-state index in [-0.39, 0.29) is 6.10 Å². The number of nitrogens with one attached hydrogen (secondary N) is 1. The third-order valence-electron chi connectivity index (χ3n) is 2.31. The SMILES string of the molecule is CCCC(OCC)c1ncc(CNC)cn1. The van der Waals surface area contributed by atoms with Crippen LogP contribution in [0.3, 0.4) is 0 Å². The fourth-order valence-corrected chi connectivity index (χ4v) is 1.58. The van der Waals surface area contributed by atoms with Crippen molar-refractivity contribution in [1.82, 2.24) is 15.3 Å². The zero-order valence-corrected chi connectivity index (χ0v) is 10.4. The zero-order chi connectivity index (χ0) is 11.8. The molecule has 0 bridgehead atoms. The average molecular weight is 223 g/mol. The molecule has 1 aromatic heterocycles. The van der Waals surface area contributed by atoms with Crippen LogP contribution in [0.15, 0.2) is 12.4 Å².